The lowest BCUT2D eigenvalue weighted by atomic mass is 10.1. The normalized spacial score (nSPS) is 15.3. The Morgan fingerprint density at radius 1 is 1.18 bits per heavy atom. The molecule has 1 aromatic carbocycles. The smallest absolute Gasteiger partial charge is 0.166 e. The zero-order valence-electron chi connectivity index (χ0n) is 13.1. The Morgan fingerprint density at radius 2 is 1.86 bits per heavy atom. The number of hydrogen-bond donors (Lipinski definition) is 2. The number of rotatable bonds is 7. The summed E-state index contributed by atoms with van der Waals surface area (Å²) in [5, 5.41) is 7.22. The molecule has 1 aromatic rings. The van der Waals surface area contributed by atoms with Gasteiger partial charge in [-0.05, 0) is 36.3 Å². The molecule has 0 spiro atoms. The Balaban J connectivity index is 1.55. The summed E-state index contributed by atoms with van der Waals surface area (Å²) in [7, 11) is 1.68. The summed E-state index contributed by atoms with van der Waals surface area (Å²) in [5.41, 5.74) is 1.27. The fourth-order valence-corrected chi connectivity index (χ4v) is 2.53. The largest absolute Gasteiger partial charge is 0.497 e. The van der Waals surface area contributed by atoms with Gasteiger partial charge in [0.05, 0.1) is 20.3 Å². The first kappa shape index (κ1) is 17.0. The topological polar surface area (TPSA) is 45.8 Å². The minimum Gasteiger partial charge on any atom is -0.497 e. The Kier molecular flexibility index (Phi) is 7.42. The molecule has 0 saturated carbocycles. The molecule has 1 fully saturated rings. The van der Waals surface area contributed by atoms with Crippen LogP contribution in [-0.2, 0) is 11.2 Å². The van der Waals surface area contributed by atoms with Gasteiger partial charge in [-0.3, -0.25) is 4.90 Å². The number of benzene rings is 1. The van der Waals surface area contributed by atoms with E-state index in [1.807, 2.05) is 12.1 Å². The highest BCUT2D eigenvalue weighted by Gasteiger charge is 2.09. The van der Waals surface area contributed by atoms with Crippen molar-refractivity contribution in [1.29, 1.82) is 0 Å². The lowest BCUT2D eigenvalue weighted by molar-refractivity contribution is 0.0389. The molecule has 1 aliphatic heterocycles. The molecule has 2 N–H and O–H groups in total. The first-order valence-corrected chi connectivity index (χ1v) is 8.13. The number of nitrogens with zero attached hydrogens (tertiary/aromatic N) is 1. The molecular formula is C16H25N3O2S. The van der Waals surface area contributed by atoms with Crippen LogP contribution in [0.4, 0.5) is 0 Å². The quantitative estimate of drug-likeness (QED) is 0.731. The molecule has 5 nitrogen and oxygen atoms in total. The molecule has 122 valence electrons. The highest BCUT2D eigenvalue weighted by Crippen LogP contribution is 2.11. The lowest BCUT2D eigenvalue weighted by Crippen LogP contribution is -2.43. The fourth-order valence-electron chi connectivity index (χ4n) is 2.33. The molecule has 0 atom stereocenters. The Bertz CT molecular complexity index is 447. The average Bonchev–Trinajstić information content (AvgIpc) is 2.56. The van der Waals surface area contributed by atoms with Gasteiger partial charge < -0.3 is 20.1 Å². The third-order valence-electron chi connectivity index (χ3n) is 3.68. The Morgan fingerprint density at radius 3 is 2.55 bits per heavy atom. The lowest BCUT2D eigenvalue weighted by Gasteiger charge is -2.26. The van der Waals surface area contributed by atoms with Crippen molar-refractivity contribution in [2.45, 2.75) is 6.42 Å². The molecule has 0 bridgehead atoms. The van der Waals surface area contributed by atoms with E-state index in [4.69, 9.17) is 21.7 Å². The number of thiocarbonyl (C=S) groups is 1. The number of ether oxygens (including phenoxy) is 2. The van der Waals surface area contributed by atoms with E-state index in [1.165, 1.54) is 5.56 Å². The van der Waals surface area contributed by atoms with Crippen LogP contribution >= 0.6 is 12.2 Å². The third-order valence-corrected chi connectivity index (χ3v) is 3.96. The minimum absolute atomic E-state index is 0.724. The first-order valence-electron chi connectivity index (χ1n) is 7.72. The predicted molar refractivity (Wildman–Crippen MR) is 92.6 cm³/mol. The van der Waals surface area contributed by atoms with Crippen molar-refractivity contribution in [3.63, 3.8) is 0 Å². The molecule has 1 heterocycles. The zero-order valence-corrected chi connectivity index (χ0v) is 14.0. The Labute approximate surface area is 138 Å². The first-order chi connectivity index (χ1) is 10.8. The highest BCUT2D eigenvalue weighted by atomic mass is 32.1. The number of nitrogens with one attached hydrogen (secondary N) is 2. The summed E-state index contributed by atoms with van der Waals surface area (Å²) >= 11 is 5.29. The second-order valence-electron chi connectivity index (χ2n) is 5.23. The van der Waals surface area contributed by atoms with Crippen molar-refractivity contribution >= 4 is 17.3 Å². The van der Waals surface area contributed by atoms with Crippen molar-refractivity contribution in [1.82, 2.24) is 15.5 Å². The minimum atomic E-state index is 0.724. The Hall–Kier alpha value is -1.37. The highest BCUT2D eigenvalue weighted by molar-refractivity contribution is 7.80. The maximum absolute atomic E-state index is 5.33. The van der Waals surface area contributed by atoms with Gasteiger partial charge in [-0.2, -0.15) is 0 Å². The molecule has 1 aliphatic rings. The van der Waals surface area contributed by atoms with Crippen LogP contribution in [0.5, 0.6) is 5.75 Å². The number of hydrogen-bond acceptors (Lipinski definition) is 4. The summed E-state index contributed by atoms with van der Waals surface area (Å²) in [4.78, 5) is 2.39. The monoisotopic (exact) mass is 323 g/mol. The van der Waals surface area contributed by atoms with Crippen LogP contribution < -0.4 is 15.4 Å². The average molecular weight is 323 g/mol. The molecule has 0 unspecified atom stereocenters. The summed E-state index contributed by atoms with van der Waals surface area (Å²) < 4.78 is 10.5. The van der Waals surface area contributed by atoms with E-state index in [0.717, 1.165) is 63.2 Å². The van der Waals surface area contributed by atoms with Gasteiger partial charge in [0.15, 0.2) is 5.11 Å². The summed E-state index contributed by atoms with van der Waals surface area (Å²) in [5.74, 6) is 0.886. The van der Waals surface area contributed by atoms with E-state index in [9.17, 15) is 0 Å². The molecule has 0 radical (unpaired) electrons. The molecule has 1 saturated heterocycles. The second kappa shape index (κ2) is 9.61. The van der Waals surface area contributed by atoms with Crippen LogP contribution in [0.25, 0.3) is 0 Å². The van der Waals surface area contributed by atoms with Crippen LogP contribution in [-0.4, -0.2) is 63.1 Å². The maximum atomic E-state index is 5.33. The SMILES string of the molecule is COc1ccc(CCNC(=S)NCCN2CCOCC2)cc1. The summed E-state index contributed by atoms with van der Waals surface area (Å²) in [6.07, 6.45) is 0.940. The zero-order chi connectivity index (χ0) is 15.6. The van der Waals surface area contributed by atoms with Crippen molar-refractivity contribution in [3.8, 4) is 5.75 Å². The van der Waals surface area contributed by atoms with Crippen LogP contribution in [0, 0.1) is 0 Å². The second-order valence-corrected chi connectivity index (χ2v) is 5.64. The van der Waals surface area contributed by atoms with Crippen molar-refractivity contribution < 1.29 is 9.47 Å². The van der Waals surface area contributed by atoms with E-state index in [2.05, 4.69) is 27.7 Å². The van der Waals surface area contributed by atoms with Crippen molar-refractivity contribution in [2.75, 3.05) is 53.0 Å². The van der Waals surface area contributed by atoms with Crippen LogP contribution in [0.1, 0.15) is 5.56 Å². The molecule has 0 aromatic heterocycles. The van der Waals surface area contributed by atoms with Crippen LogP contribution in [0.2, 0.25) is 0 Å². The molecule has 0 aliphatic carbocycles. The van der Waals surface area contributed by atoms with Crippen LogP contribution in [0.15, 0.2) is 24.3 Å². The molecule has 22 heavy (non-hydrogen) atoms. The van der Waals surface area contributed by atoms with Gasteiger partial charge in [0, 0.05) is 32.7 Å². The molecule has 0 amide bonds. The van der Waals surface area contributed by atoms with Gasteiger partial charge in [0.25, 0.3) is 0 Å². The van der Waals surface area contributed by atoms with E-state index in [-0.39, 0.29) is 0 Å². The van der Waals surface area contributed by atoms with E-state index in [1.54, 1.807) is 7.11 Å². The standard InChI is InChI=1S/C16H25N3O2S/c1-20-15-4-2-14(3-5-15)6-7-17-16(22)18-8-9-19-10-12-21-13-11-19/h2-5H,6-13H2,1H3,(H2,17,18,22). The van der Waals surface area contributed by atoms with Gasteiger partial charge in [-0.25, -0.2) is 0 Å². The number of morpholine rings is 1. The van der Waals surface area contributed by atoms with Gasteiger partial charge in [-0.15, -0.1) is 0 Å². The van der Waals surface area contributed by atoms with Gasteiger partial charge in [0.1, 0.15) is 5.75 Å². The van der Waals surface area contributed by atoms with Gasteiger partial charge in [0.2, 0.25) is 0 Å². The predicted octanol–water partition coefficient (Wildman–Crippen LogP) is 1.03. The summed E-state index contributed by atoms with van der Waals surface area (Å²) in [6.45, 7) is 6.40. The molecular weight excluding hydrogens is 298 g/mol. The van der Waals surface area contributed by atoms with E-state index >= 15 is 0 Å². The number of methoxy groups -OCH3 is 1. The van der Waals surface area contributed by atoms with Crippen molar-refractivity contribution in [2.24, 2.45) is 0 Å². The molecule has 6 heteroatoms. The van der Waals surface area contributed by atoms with E-state index in [0.29, 0.717) is 0 Å². The van der Waals surface area contributed by atoms with Crippen LogP contribution in [0.3, 0.4) is 0 Å². The van der Waals surface area contributed by atoms with Gasteiger partial charge >= 0.3 is 0 Å². The van der Waals surface area contributed by atoms with E-state index < -0.39 is 0 Å². The third kappa shape index (κ3) is 6.17. The van der Waals surface area contributed by atoms with Crippen molar-refractivity contribution in [3.05, 3.63) is 29.8 Å². The summed E-state index contributed by atoms with van der Waals surface area (Å²) in [6, 6.07) is 8.12. The maximum Gasteiger partial charge on any atom is 0.166 e. The fraction of sp³-hybridized carbons (Fsp3) is 0.562. The van der Waals surface area contributed by atoms with Gasteiger partial charge in [-0.1, -0.05) is 12.1 Å². The molecule has 2 rings (SSSR count).